The van der Waals surface area contributed by atoms with Crippen LogP contribution in [0, 0.1) is 11.8 Å². The SMILES string of the molecule is c1ccc2nc(N3CC4CNCC4C3)nnc2c1. The molecule has 2 fully saturated rings. The van der Waals surface area contributed by atoms with Crippen LogP contribution >= 0.6 is 0 Å². The largest absolute Gasteiger partial charge is 0.339 e. The normalized spacial score (nSPS) is 26.8. The van der Waals surface area contributed by atoms with Gasteiger partial charge in [-0.15, -0.1) is 10.2 Å². The third kappa shape index (κ3) is 1.54. The molecule has 0 aliphatic carbocycles. The van der Waals surface area contributed by atoms with Crippen LogP contribution < -0.4 is 10.2 Å². The zero-order valence-corrected chi connectivity index (χ0v) is 10.1. The molecule has 2 aromatic rings. The minimum absolute atomic E-state index is 0.750. The number of nitrogens with zero attached hydrogens (tertiary/aromatic N) is 4. The van der Waals surface area contributed by atoms with Gasteiger partial charge in [-0.3, -0.25) is 0 Å². The second-order valence-electron chi connectivity index (χ2n) is 5.18. The minimum atomic E-state index is 0.750. The van der Waals surface area contributed by atoms with E-state index in [-0.39, 0.29) is 0 Å². The van der Waals surface area contributed by atoms with Crippen molar-refractivity contribution in [2.75, 3.05) is 31.1 Å². The van der Waals surface area contributed by atoms with Gasteiger partial charge in [-0.2, -0.15) is 0 Å². The Bertz CT molecular complexity index is 572. The van der Waals surface area contributed by atoms with Crippen molar-refractivity contribution in [2.45, 2.75) is 0 Å². The van der Waals surface area contributed by atoms with Crippen molar-refractivity contribution in [1.82, 2.24) is 20.5 Å². The van der Waals surface area contributed by atoms with E-state index in [2.05, 4.69) is 25.4 Å². The predicted molar refractivity (Wildman–Crippen MR) is 69.4 cm³/mol. The van der Waals surface area contributed by atoms with Gasteiger partial charge in [0, 0.05) is 26.2 Å². The molecule has 0 saturated carbocycles. The van der Waals surface area contributed by atoms with E-state index in [0.29, 0.717) is 0 Å². The van der Waals surface area contributed by atoms with Crippen molar-refractivity contribution >= 4 is 17.0 Å². The zero-order chi connectivity index (χ0) is 11.9. The van der Waals surface area contributed by atoms with Crippen molar-refractivity contribution in [2.24, 2.45) is 11.8 Å². The lowest BCUT2D eigenvalue weighted by Crippen LogP contribution is -2.27. The van der Waals surface area contributed by atoms with Gasteiger partial charge in [0.05, 0.1) is 5.52 Å². The van der Waals surface area contributed by atoms with E-state index in [0.717, 1.165) is 55.0 Å². The molecule has 1 aromatic heterocycles. The summed E-state index contributed by atoms with van der Waals surface area (Å²) in [7, 11) is 0. The fourth-order valence-electron chi connectivity index (χ4n) is 3.02. The molecular weight excluding hydrogens is 226 g/mol. The van der Waals surface area contributed by atoms with E-state index < -0.39 is 0 Å². The molecule has 5 nitrogen and oxygen atoms in total. The Balaban J connectivity index is 1.67. The molecule has 5 heteroatoms. The lowest BCUT2D eigenvalue weighted by Gasteiger charge is -2.16. The van der Waals surface area contributed by atoms with Crippen LogP contribution in [-0.2, 0) is 0 Å². The second kappa shape index (κ2) is 3.88. The Morgan fingerprint density at radius 1 is 1.00 bits per heavy atom. The first-order valence-electron chi connectivity index (χ1n) is 6.45. The van der Waals surface area contributed by atoms with E-state index >= 15 is 0 Å². The highest BCUT2D eigenvalue weighted by Gasteiger charge is 2.37. The van der Waals surface area contributed by atoms with Crippen LogP contribution in [0.4, 0.5) is 5.95 Å². The standard InChI is InChI=1S/C13H15N5/c1-2-4-12-11(3-1)15-13(17-16-12)18-7-9-5-14-6-10(9)8-18/h1-4,9-10,14H,5-8H2. The van der Waals surface area contributed by atoms with E-state index in [9.17, 15) is 0 Å². The quantitative estimate of drug-likeness (QED) is 0.795. The lowest BCUT2D eigenvalue weighted by atomic mass is 10.0. The molecule has 18 heavy (non-hydrogen) atoms. The number of rotatable bonds is 1. The van der Waals surface area contributed by atoms with Crippen LogP contribution in [0.25, 0.3) is 11.0 Å². The molecule has 0 amide bonds. The van der Waals surface area contributed by atoms with Crippen molar-refractivity contribution in [3.05, 3.63) is 24.3 Å². The first-order chi connectivity index (χ1) is 8.90. The number of benzene rings is 1. The van der Waals surface area contributed by atoms with Crippen molar-refractivity contribution < 1.29 is 0 Å². The molecule has 1 N–H and O–H groups in total. The molecule has 2 unspecified atom stereocenters. The molecular formula is C13H15N5. The molecule has 4 rings (SSSR count). The Morgan fingerprint density at radius 3 is 2.50 bits per heavy atom. The number of aromatic nitrogens is 3. The zero-order valence-electron chi connectivity index (χ0n) is 10.1. The van der Waals surface area contributed by atoms with Crippen molar-refractivity contribution in [1.29, 1.82) is 0 Å². The average molecular weight is 241 g/mol. The number of para-hydroxylation sites is 1. The van der Waals surface area contributed by atoms with Gasteiger partial charge in [-0.05, 0) is 24.0 Å². The van der Waals surface area contributed by atoms with Gasteiger partial charge in [0.15, 0.2) is 0 Å². The minimum Gasteiger partial charge on any atom is -0.339 e. The smallest absolute Gasteiger partial charge is 0.245 e. The topological polar surface area (TPSA) is 53.9 Å². The summed E-state index contributed by atoms with van der Waals surface area (Å²) in [5.74, 6) is 2.28. The summed E-state index contributed by atoms with van der Waals surface area (Å²) >= 11 is 0. The Labute approximate surface area is 105 Å². The molecule has 2 atom stereocenters. The van der Waals surface area contributed by atoms with E-state index in [1.54, 1.807) is 0 Å². The molecule has 0 radical (unpaired) electrons. The summed E-state index contributed by atoms with van der Waals surface area (Å²) in [6, 6.07) is 7.89. The van der Waals surface area contributed by atoms with Gasteiger partial charge >= 0.3 is 0 Å². The van der Waals surface area contributed by atoms with E-state index in [1.165, 1.54) is 0 Å². The predicted octanol–water partition coefficient (Wildman–Crippen LogP) is 0.680. The first kappa shape index (κ1) is 10.2. The first-order valence-corrected chi connectivity index (χ1v) is 6.45. The van der Waals surface area contributed by atoms with Crippen LogP contribution in [0.1, 0.15) is 0 Å². The summed E-state index contributed by atoms with van der Waals surface area (Å²) in [6.45, 7) is 4.36. The molecule has 0 spiro atoms. The van der Waals surface area contributed by atoms with Crippen LogP contribution in [0.2, 0.25) is 0 Å². The third-order valence-electron chi connectivity index (χ3n) is 4.02. The van der Waals surface area contributed by atoms with Crippen LogP contribution in [0.15, 0.2) is 24.3 Å². The number of anilines is 1. The van der Waals surface area contributed by atoms with Gasteiger partial charge in [0.2, 0.25) is 5.95 Å². The van der Waals surface area contributed by atoms with Crippen LogP contribution in [0.3, 0.4) is 0 Å². The van der Waals surface area contributed by atoms with Crippen molar-refractivity contribution in [3.63, 3.8) is 0 Å². The Kier molecular flexibility index (Phi) is 2.20. The van der Waals surface area contributed by atoms with Gasteiger partial charge in [-0.25, -0.2) is 4.98 Å². The second-order valence-corrected chi connectivity index (χ2v) is 5.18. The molecule has 2 saturated heterocycles. The highest BCUT2D eigenvalue weighted by molar-refractivity contribution is 5.74. The average Bonchev–Trinajstić information content (AvgIpc) is 2.99. The van der Waals surface area contributed by atoms with Crippen molar-refractivity contribution in [3.8, 4) is 0 Å². The highest BCUT2D eigenvalue weighted by atomic mass is 15.3. The monoisotopic (exact) mass is 241 g/mol. The van der Waals surface area contributed by atoms with Gasteiger partial charge in [-0.1, -0.05) is 12.1 Å². The summed E-state index contributed by atoms with van der Waals surface area (Å²) in [5, 5.41) is 12.0. The number of hydrogen-bond acceptors (Lipinski definition) is 5. The number of hydrogen-bond donors (Lipinski definition) is 1. The fourth-order valence-corrected chi connectivity index (χ4v) is 3.02. The van der Waals surface area contributed by atoms with Crippen LogP contribution in [0.5, 0.6) is 0 Å². The summed E-state index contributed by atoms with van der Waals surface area (Å²) in [6.07, 6.45) is 0. The van der Waals surface area contributed by atoms with Crippen LogP contribution in [-0.4, -0.2) is 41.4 Å². The Hall–Kier alpha value is -1.75. The summed E-state index contributed by atoms with van der Waals surface area (Å²) < 4.78 is 0. The number of nitrogens with one attached hydrogen (secondary N) is 1. The van der Waals surface area contributed by atoms with E-state index in [4.69, 9.17) is 0 Å². The molecule has 2 aliphatic heterocycles. The maximum absolute atomic E-state index is 4.62. The maximum atomic E-state index is 4.62. The van der Waals surface area contributed by atoms with Gasteiger partial charge in [0.1, 0.15) is 5.52 Å². The van der Waals surface area contributed by atoms with Gasteiger partial charge < -0.3 is 10.2 Å². The molecule has 0 bridgehead atoms. The molecule has 3 heterocycles. The molecule has 92 valence electrons. The Morgan fingerprint density at radius 2 is 1.72 bits per heavy atom. The fraction of sp³-hybridized carbons (Fsp3) is 0.462. The number of fused-ring (bicyclic) bond motifs is 2. The summed E-state index contributed by atoms with van der Waals surface area (Å²) in [5.41, 5.74) is 1.79. The third-order valence-corrected chi connectivity index (χ3v) is 4.02. The lowest BCUT2D eigenvalue weighted by molar-refractivity contribution is 0.533. The molecule has 2 aliphatic rings. The highest BCUT2D eigenvalue weighted by Crippen LogP contribution is 2.28. The van der Waals surface area contributed by atoms with Gasteiger partial charge in [0.25, 0.3) is 0 Å². The van der Waals surface area contributed by atoms with E-state index in [1.807, 2.05) is 24.3 Å². The maximum Gasteiger partial charge on any atom is 0.245 e. The summed E-state index contributed by atoms with van der Waals surface area (Å²) in [4.78, 5) is 6.89. The molecule has 1 aromatic carbocycles.